The average molecular weight is 328 g/mol. The van der Waals surface area contributed by atoms with E-state index >= 15 is 0 Å². The normalized spacial score (nSPS) is 32.6. The molecule has 4 atom stereocenters. The van der Waals surface area contributed by atoms with E-state index < -0.39 is 35.1 Å². The van der Waals surface area contributed by atoms with Gasteiger partial charge < -0.3 is 14.6 Å². The Bertz CT molecular complexity index is 357. The number of rotatable bonds is 2. The Hall–Kier alpha value is -0.590. The molecule has 1 aliphatic rings. The van der Waals surface area contributed by atoms with Crippen molar-refractivity contribution in [1.29, 1.82) is 0 Å². The maximum atomic E-state index is 11.0. The molecule has 1 N–H and O–H groups in total. The van der Waals surface area contributed by atoms with Gasteiger partial charge in [0.2, 0.25) is 0 Å². The highest BCUT2D eigenvalue weighted by Crippen LogP contribution is 2.31. The van der Waals surface area contributed by atoms with Gasteiger partial charge in [-0.15, -0.1) is 0 Å². The smallest absolute Gasteiger partial charge is 0.303 e. The second-order valence-electron chi connectivity index (χ2n) is 3.59. The minimum Gasteiger partial charge on any atom is -0.457 e. The SMILES string of the molecule is CC(=O)O[C@H]1[C@H](Br)[C@@H](O)C=C(Cl)[C@H]1OC(C)=O. The summed E-state index contributed by atoms with van der Waals surface area (Å²) in [6.45, 7) is 2.45. The molecule has 0 heterocycles. The van der Waals surface area contributed by atoms with Crippen molar-refractivity contribution in [2.75, 3.05) is 0 Å². The number of carbonyl (C=O) groups is 2. The van der Waals surface area contributed by atoms with Crippen molar-refractivity contribution in [3.63, 3.8) is 0 Å². The number of hydrogen-bond acceptors (Lipinski definition) is 5. The summed E-state index contributed by atoms with van der Waals surface area (Å²) in [5.41, 5.74) is 0. The number of esters is 2. The second kappa shape index (κ2) is 5.84. The van der Waals surface area contributed by atoms with Crippen LogP contribution >= 0.6 is 27.5 Å². The van der Waals surface area contributed by atoms with E-state index in [0.717, 1.165) is 0 Å². The molecule has 96 valence electrons. The third-order valence-electron chi connectivity index (χ3n) is 2.14. The fourth-order valence-electron chi connectivity index (χ4n) is 1.49. The molecule has 0 saturated heterocycles. The van der Waals surface area contributed by atoms with E-state index in [1.165, 1.54) is 19.9 Å². The standard InChI is InChI=1S/C10H12BrClO5/c1-4(13)16-9-6(12)3-7(15)8(11)10(9)17-5(2)14/h3,7-10,15H,1-2H3/t7-,8+,9+,10-/m0/s1. The van der Waals surface area contributed by atoms with E-state index in [2.05, 4.69) is 15.9 Å². The zero-order chi connectivity index (χ0) is 13.2. The van der Waals surface area contributed by atoms with E-state index in [4.69, 9.17) is 21.1 Å². The summed E-state index contributed by atoms with van der Waals surface area (Å²) in [7, 11) is 0. The zero-order valence-corrected chi connectivity index (χ0v) is 11.6. The Balaban J connectivity index is 2.96. The Morgan fingerprint density at radius 3 is 2.35 bits per heavy atom. The van der Waals surface area contributed by atoms with Crippen LogP contribution in [-0.4, -0.2) is 40.2 Å². The van der Waals surface area contributed by atoms with Crippen molar-refractivity contribution >= 4 is 39.5 Å². The van der Waals surface area contributed by atoms with Gasteiger partial charge in [-0.05, 0) is 6.08 Å². The van der Waals surface area contributed by atoms with Crippen LogP contribution in [0.15, 0.2) is 11.1 Å². The average Bonchev–Trinajstić information content (AvgIpc) is 2.19. The van der Waals surface area contributed by atoms with E-state index in [-0.39, 0.29) is 5.03 Å². The van der Waals surface area contributed by atoms with Crippen molar-refractivity contribution in [3.8, 4) is 0 Å². The summed E-state index contributed by atoms with van der Waals surface area (Å²) in [6.07, 6.45) is -1.33. The number of halogens is 2. The molecule has 0 amide bonds. The molecular formula is C10H12BrClO5. The molecule has 1 aliphatic carbocycles. The Kier molecular flexibility index (Phi) is 4.97. The number of carbonyl (C=O) groups excluding carboxylic acids is 2. The van der Waals surface area contributed by atoms with E-state index in [1.807, 2.05) is 0 Å². The van der Waals surface area contributed by atoms with Crippen LogP contribution in [0.2, 0.25) is 0 Å². The second-order valence-corrected chi connectivity index (χ2v) is 5.08. The van der Waals surface area contributed by atoms with Crippen LogP contribution in [0.4, 0.5) is 0 Å². The molecule has 0 spiro atoms. The van der Waals surface area contributed by atoms with Crippen LogP contribution in [0.5, 0.6) is 0 Å². The summed E-state index contributed by atoms with van der Waals surface area (Å²) in [6, 6.07) is 0. The Morgan fingerprint density at radius 2 is 1.88 bits per heavy atom. The maximum absolute atomic E-state index is 11.0. The zero-order valence-electron chi connectivity index (χ0n) is 9.22. The van der Waals surface area contributed by atoms with Crippen molar-refractivity contribution in [3.05, 3.63) is 11.1 Å². The summed E-state index contributed by atoms with van der Waals surface area (Å²) >= 11 is 9.06. The molecule has 0 aromatic rings. The molecule has 5 nitrogen and oxygen atoms in total. The number of aliphatic hydroxyl groups excluding tert-OH is 1. The van der Waals surface area contributed by atoms with Crippen molar-refractivity contribution in [2.45, 2.75) is 37.0 Å². The molecule has 0 aliphatic heterocycles. The van der Waals surface area contributed by atoms with Gasteiger partial charge in [0.05, 0.1) is 16.0 Å². The first kappa shape index (κ1) is 14.5. The summed E-state index contributed by atoms with van der Waals surface area (Å²) in [5.74, 6) is -1.09. The summed E-state index contributed by atoms with van der Waals surface area (Å²) in [5, 5.41) is 9.78. The lowest BCUT2D eigenvalue weighted by Crippen LogP contribution is -2.48. The van der Waals surface area contributed by atoms with Gasteiger partial charge in [0.1, 0.15) is 0 Å². The van der Waals surface area contributed by atoms with Crippen LogP contribution in [0.1, 0.15) is 13.8 Å². The summed E-state index contributed by atoms with van der Waals surface area (Å²) in [4.78, 5) is 21.3. The minimum absolute atomic E-state index is 0.134. The highest BCUT2D eigenvalue weighted by Gasteiger charge is 2.42. The largest absolute Gasteiger partial charge is 0.457 e. The van der Waals surface area contributed by atoms with Crippen molar-refractivity contribution < 1.29 is 24.2 Å². The minimum atomic E-state index is -0.918. The number of alkyl halides is 1. The molecule has 7 heteroatoms. The van der Waals surface area contributed by atoms with Crippen LogP contribution in [0.3, 0.4) is 0 Å². The molecule has 0 fully saturated rings. The first-order valence-electron chi connectivity index (χ1n) is 4.86. The van der Waals surface area contributed by atoms with E-state index in [0.29, 0.717) is 0 Å². The van der Waals surface area contributed by atoms with Gasteiger partial charge in [-0.3, -0.25) is 9.59 Å². The first-order valence-corrected chi connectivity index (χ1v) is 6.16. The molecule has 0 bridgehead atoms. The first-order chi connectivity index (χ1) is 7.82. The lowest BCUT2D eigenvalue weighted by atomic mass is 9.98. The number of hydrogen-bond donors (Lipinski definition) is 1. The molecule has 0 radical (unpaired) electrons. The number of aliphatic hydroxyl groups is 1. The fraction of sp³-hybridized carbons (Fsp3) is 0.600. The highest BCUT2D eigenvalue weighted by atomic mass is 79.9. The lowest BCUT2D eigenvalue weighted by Gasteiger charge is -2.34. The van der Waals surface area contributed by atoms with E-state index in [1.54, 1.807) is 0 Å². The fourth-order valence-corrected chi connectivity index (χ4v) is 2.32. The van der Waals surface area contributed by atoms with Crippen molar-refractivity contribution in [1.82, 2.24) is 0 Å². The monoisotopic (exact) mass is 326 g/mol. The van der Waals surface area contributed by atoms with Crippen LogP contribution in [0.25, 0.3) is 0 Å². The van der Waals surface area contributed by atoms with Gasteiger partial charge >= 0.3 is 11.9 Å². The molecule has 0 unspecified atom stereocenters. The third-order valence-corrected chi connectivity index (χ3v) is 3.54. The third kappa shape index (κ3) is 3.69. The molecule has 17 heavy (non-hydrogen) atoms. The highest BCUT2D eigenvalue weighted by molar-refractivity contribution is 9.09. The van der Waals surface area contributed by atoms with Gasteiger partial charge in [0.25, 0.3) is 0 Å². The number of ether oxygens (including phenoxy) is 2. The quantitative estimate of drug-likeness (QED) is 0.607. The molecule has 0 saturated carbocycles. The van der Waals surface area contributed by atoms with Gasteiger partial charge in [0, 0.05) is 13.8 Å². The predicted molar refractivity (Wildman–Crippen MR) is 63.8 cm³/mol. The molecule has 0 aromatic heterocycles. The van der Waals surface area contributed by atoms with Gasteiger partial charge in [0.15, 0.2) is 12.2 Å². The topological polar surface area (TPSA) is 72.8 Å². The predicted octanol–water partition coefficient (Wildman–Crippen LogP) is 1.11. The molecule has 1 rings (SSSR count). The van der Waals surface area contributed by atoms with Gasteiger partial charge in [-0.25, -0.2) is 0 Å². The Labute approximate surface area is 112 Å². The van der Waals surface area contributed by atoms with Crippen LogP contribution in [-0.2, 0) is 19.1 Å². The molecule has 0 aromatic carbocycles. The van der Waals surface area contributed by atoms with Crippen molar-refractivity contribution in [2.24, 2.45) is 0 Å². The van der Waals surface area contributed by atoms with E-state index in [9.17, 15) is 14.7 Å². The molecular weight excluding hydrogens is 315 g/mol. The van der Waals surface area contributed by atoms with Crippen LogP contribution < -0.4 is 0 Å². The lowest BCUT2D eigenvalue weighted by molar-refractivity contribution is -0.163. The maximum Gasteiger partial charge on any atom is 0.303 e. The van der Waals surface area contributed by atoms with Gasteiger partial charge in [-0.2, -0.15) is 0 Å². The summed E-state index contributed by atoms with van der Waals surface area (Å²) < 4.78 is 9.99. The van der Waals surface area contributed by atoms with Crippen LogP contribution in [0, 0.1) is 0 Å². The Morgan fingerprint density at radius 1 is 1.35 bits per heavy atom. The van der Waals surface area contributed by atoms with Gasteiger partial charge in [-0.1, -0.05) is 27.5 Å².